The molecule has 1 unspecified atom stereocenters. The van der Waals surface area contributed by atoms with Gasteiger partial charge >= 0.3 is 0 Å². The van der Waals surface area contributed by atoms with E-state index in [0.717, 1.165) is 21.7 Å². The van der Waals surface area contributed by atoms with E-state index in [1.807, 2.05) is 47.9 Å². The third-order valence-corrected chi connectivity index (χ3v) is 4.45. The van der Waals surface area contributed by atoms with Crippen molar-refractivity contribution in [2.75, 3.05) is 0 Å². The van der Waals surface area contributed by atoms with Crippen LogP contribution in [0.2, 0.25) is 0 Å². The normalized spacial score (nSPS) is 13.0. The number of nitrogens with one attached hydrogen (secondary N) is 2. The second-order valence-electron chi connectivity index (χ2n) is 5.72. The molecule has 1 amide bonds. The molecule has 0 saturated carbocycles. The molecule has 3 aromatic rings. The topological polar surface area (TPSA) is 57.8 Å². The average molecular weight is 325 g/mol. The summed E-state index contributed by atoms with van der Waals surface area (Å²) in [6, 6.07) is 11.7. The van der Waals surface area contributed by atoms with Crippen LogP contribution in [0.4, 0.5) is 0 Å². The van der Waals surface area contributed by atoms with Gasteiger partial charge in [-0.1, -0.05) is 32.0 Å². The van der Waals surface area contributed by atoms with Gasteiger partial charge in [0.15, 0.2) is 0 Å². The van der Waals surface area contributed by atoms with Gasteiger partial charge in [-0.25, -0.2) is 4.98 Å². The van der Waals surface area contributed by atoms with Gasteiger partial charge in [0.2, 0.25) is 5.91 Å². The minimum atomic E-state index is -0.150. The Balaban J connectivity index is 1.77. The summed E-state index contributed by atoms with van der Waals surface area (Å²) in [5, 5.41) is 5.03. The van der Waals surface area contributed by atoms with Gasteiger partial charge in [0.05, 0.1) is 17.1 Å². The number of carbonyl (C=O) groups is 1. The number of carbonyl (C=O) groups excluding carboxylic acids is 1. The second kappa shape index (κ2) is 6.79. The fraction of sp³-hybridized carbons (Fsp3) is 0.222. The Labute approximate surface area is 139 Å². The Bertz CT molecular complexity index is 785. The summed E-state index contributed by atoms with van der Waals surface area (Å²) in [6.45, 7) is 4.14. The number of thiophene rings is 1. The average Bonchev–Trinajstić information content (AvgIpc) is 3.19. The van der Waals surface area contributed by atoms with Crippen LogP contribution in [0.3, 0.4) is 0 Å². The highest BCUT2D eigenvalue weighted by Crippen LogP contribution is 2.22. The summed E-state index contributed by atoms with van der Waals surface area (Å²) >= 11 is 1.60. The fourth-order valence-corrected chi connectivity index (χ4v) is 3.03. The molecule has 3 rings (SSSR count). The van der Waals surface area contributed by atoms with Gasteiger partial charge in [0.25, 0.3) is 0 Å². The lowest BCUT2D eigenvalue weighted by molar-refractivity contribution is -0.117. The molecular weight excluding hydrogens is 306 g/mol. The molecule has 0 aliphatic heterocycles. The predicted molar refractivity (Wildman–Crippen MR) is 95.2 cm³/mol. The van der Waals surface area contributed by atoms with Crippen molar-refractivity contribution in [1.82, 2.24) is 15.3 Å². The van der Waals surface area contributed by atoms with E-state index in [1.54, 1.807) is 17.4 Å². The molecule has 118 valence electrons. The molecule has 0 saturated heterocycles. The molecule has 0 bridgehead atoms. The number of aromatic nitrogens is 2. The Hall–Kier alpha value is -2.40. The van der Waals surface area contributed by atoms with Gasteiger partial charge < -0.3 is 10.3 Å². The zero-order chi connectivity index (χ0) is 16.2. The third kappa shape index (κ3) is 3.68. The van der Waals surface area contributed by atoms with E-state index in [4.69, 9.17) is 0 Å². The zero-order valence-corrected chi connectivity index (χ0v) is 13.9. The standard InChI is InChI=1S/C18H19N3OS/c1-12(2)17(18-19-14-7-3-4-8-15(14)20-18)21-16(22)10-9-13-6-5-11-23-13/h3-12,17H,1-2H3,(H,19,20)(H,21,22)/b10-9+. The van der Waals surface area contributed by atoms with Crippen molar-refractivity contribution in [3.63, 3.8) is 0 Å². The van der Waals surface area contributed by atoms with Crippen LogP contribution in [-0.4, -0.2) is 15.9 Å². The smallest absolute Gasteiger partial charge is 0.244 e. The molecular formula is C18H19N3OS. The Kier molecular flexibility index (Phi) is 4.57. The SMILES string of the molecule is CC(C)C(NC(=O)/C=C/c1cccs1)c1nc2ccccc2[nH]1. The lowest BCUT2D eigenvalue weighted by Gasteiger charge is -2.19. The van der Waals surface area contributed by atoms with Gasteiger partial charge in [0, 0.05) is 11.0 Å². The van der Waals surface area contributed by atoms with Crippen molar-refractivity contribution in [3.8, 4) is 0 Å². The highest BCUT2D eigenvalue weighted by Gasteiger charge is 2.20. The van der Waals surface area contributed by atoms with Crippen LogP contribution in [0, 0.1) is 5.92 Å². The fourth-order valence-electron chi connectivity index (χ4n) is 2.42. The predicted octanol–water partition coefficient (Wildman–Crippen LogP) is 4.15. The number of hydrogen-bond donors (Lipinski definition) is 2. The highest BCUT2D eigenvalue weighted by atomic mass is 32.1. The summed E-state index contributed by atoms with van der Waals surface area (Å²) in [5.41, 5.74) is 1.90. The van der Waals surface area contributed by atoms with Crippen molar-refractivity contribution >= 4 is 34.4 Å². The Morgan fingerprint density at radius 1 is 1.26 bits per heavy atom. The maximum atomic E-state index is 12.2. The number of amides is 1. The van der Waals surface area contributed by atoms with Crippen LogP contribution >= 0.6 is 11.3 Å². The van der Waals surface area contributed by atoms with E-state index in [-0.39, 0.29) is 17.9 Å². The Morgan fingerprint density at radius 2 is 2.09 bits per heavy atom. The maximum absolute atomic E-state index is 12.2. The van der Waals surface area contributed by atoms with Crippen molar-refractivity contribution in [1.29, 1.82) is 0 Å². The van der Waals surface area contributed by atoms with E-state index in [0.29, 0.717) is 0 Å². The Morgan fingerprint density at radius 3 is 2.78 bits per heavy atom. The summed E-state index contributed by atoms with van der Waals surface area (Å²) in [4.78, 5) is 21.2. The molecule has 0 spiro atoms. The van der Waals surface area contributed by atoms with Gasteiger partial charge in [0.1, 0.15) is 5.82 Å². The number of nitrogens with zero attached hydrogens (tertiary/aromatic N) is 1. The first-order chi connectivity index (χ1) is 11.1. The number of aromatic amines is 1. The zero-order valence-electron chi connectivity index (χ0n) is 13.1. The van der Waals surface area contributed by atoms with Crippen molar-refractivity contribution in [2.24, 2.45) is 5.92 Å². The van der Waals surface area contributed by atoms with E-state index in [1.165, 1.54) is 0 Å². The summed E-state index contributed by atoms with van der Waals surface area (Å²) in [6.07, 6.45) is 3.40. The third-order valence-electron chi connectivity index (χ3n) is 3.61. The minimum absolute atomic E-state index is 0.113. The number of imidazole rings is 1. The van der Waals surface area contributed by atoms with E-state index >= 15 is 0 Å². The lowest BCUT2D eigenvalue weighted by Crippen LogP contribution is -2.31. The first kappa shape index (κ1) is 15.5. The molecule has 1 atom stereocenters. The largest absolute Gasteiger partial charge is 0.342 e. The highest BCUT2D eigenvalue weighted by molar-refractivity contribution is 7.10. The van der Waals surface area contributed by atoms with E-state index < -0.39 is 0 Å². The molecule has 1 aromatic carbocycles. The van der Waals surface area contributed by atoms with Crippen molar-refractivity contribution in [3.05, 3.63) is 58.6 Å². The quantitative estimate of drug-likeness (QED) is 0.692. The lowest BCUT2D eigenvalue weighted by atomic mass is 10.0. The number of H-pyrrole nitrogens is 1. The minimum Gasteiger partial charge on any atom is -0.342 e. The van der Waals surface area contributed by atoms with Gasteiger partial charge in [-0.3, -0.25) is 4.79 Å². The molecule has 2 heterocycles. The number of para-hydroxylation sites is 2. The van der Waals surface area contributed by atoms with Crippen LogP contribution in [0.5, 0.6) is 0 Å². The van der Waals surface area contributed by atoms with E-state index in [2.05, 4.69) is 29.1 Å². The van der Waals surface area contributed by atoms with Gasteiger partial charge in [-0.05, 0) is 35.6 Å². The number of rotatable bonds is 5. The molecule has 2 aromatic heterocycles. The number of hydrogen-bond acceptors (Lipinski definition) is 3. The molecule has 2 N–H and O–H groups in total. The monoisotopic (exact) mass is 325 g/mol. The van der Waals surface area contributed by atoms with E-state index in [9.17, 15) is 4.79 Å². The van der Waals surface area contributed by atoms with Crippen molar-refractivity contribution < 1.29 is 4.79 Å². The van der Waals surface area contributed by atoms with Crippen molar-refractivity contribution in [2.45, 2.75) is 19.9 Å². The van der Waals surface area contributed by atoms with Crippen LogP contribution in [0.15, 0.2) is 47.9 Å². The number of fused-ring (bicyclic) bond motifs is 1. The van der Waals surface area contributed by atoms with Crippen LogP contribution in [-0.2, 0) is 4.79 Å². The van der Waals surface area contributed by atoms with Gasteiger partial charge in [-0.2, -0.15) is 0 Å². The maximum Gasteiger partial charge on any atom is 0.244 e. The molecule has 5 heteroatoms. The second-order valence-corrected chi connectivity index (χ2v) is 6.70. The molecule has 0 aliphatic rings. The molecule has 0 aliphatic carbocycles. The summed E-state index contributed by atoms with van der Waals surface area (Å²) < 4.78 is 0. The number of benzene rings is 1. The van der Waals surface area contributed by atoms with Gasteiger partial charge in [-0.15, -0.1) is 11.3 Å². The first-order valence-electron chi connectivity index (χ1n) is 7.60. The molecule has 0 radical (unpaired) electrons. The molecule has 0 fully saturated rings. The van der Waals surface area contributed by atoms with Crippen LogP contribution in [0.25, 0.3) is 17.1 Å². The van der Waals surface area contributed by atoms with Crippen LogP contribution in [0.1, 0.15) is 30.6 Å². The molecule has 23 heavy (non-hydrogen) atoms. The first-order valence-corrected chi connectivity index (χ1v) is 8.48. The molecule has 4 nitrogen and oxygen atoms in total. The summed E-state index contributed by atoms with van der Waals surface area (Å²) in [5.74, 6) is 0.909. The van der Waals surface area contributed by atoms with Crippen LogP contribution < -0.4 is 5.32 Å². The summed E-state index contributed by atoms with van der Waals surface area (Å²) in [7, 11) is 0.